The van der Waals surface area contributed by atoms with E-state index in [9.17, 15) is 0 Å². The van der Waals surface area contributed by atoms with E-state index in [0.717, 1.165) is 35.7 Å². The number of rotatable bonds is 5. The molecule has 20 heavy (non-hydrogen) atoms. The molecule has 0 radical (unpaired) electrons. The summed E-state index contributed by atoms with van der Waals surface area (Å²) in [5.41, 5.74) is 1.86. The lowest BCUT2D eigenvalue weighted by molar-refractivity contribution is 0.176. The van der Waals surface area contributed by atoms with Gasteiger partial charge in [0.15, 0.2) is 0 Å². The first-order valence-electron chi connectivity index (χ1n) is 6.93. The third-order valence-electron chi connectivity index (χ3n) is 4.07. The number of methoxy groups -OCH3 is 2. The summed E-state index contributed by atoms with van der Waals surface area (Å²) in [6, 6.07) is 5.81. The highest BCUT2D eigenvalue weighted by Gasteiger charge is 2.27. The highest BCUT2D eigenvalue weighted by molar-refractivity contribution is 5.73. The van der Waals surface area contributed by atoms with Gasteiger partial charge in [-0.2, -0.15) is 0 Å². The Bertz CT molecular complexity index is 465. The molecule has 1 atom stereocenters. The van der Waals surface area contributed by atoms with E-state index in [1.807, 2.05) is 18.2 Å². The average Bonchev–Trinajstić information content (AvgIpc) is 2.90. The van der Waals surface area contributed by atoms with Crippen LogP contribution in [0, 0.1) is 0 Å². The van der Waals surface area contributed by atoms with Crippen LogP contribution in [0.3, 0.4) is 0 Å². The van der Waals surface area contributed by atoms with Gasteiger partial charge >= 0.3 is 0 Å². The number of benzene rings is 1. The highest BCUT2D eigenvalue weighted by Crippen LogP contribution is 2.37. The molecule has 1 aliphatic heterocycles. The molecule has 110 valence electrons. The van der Waals surface area contributed by atoms with Gasteiger partial charge in [0.2, 0.25) is 0 Å². The van der Waals surface area contributed by atoms with Crippen LogP contribution in [-0.4, -0.2) is 50.8 Å². The van der Waals surface area contributed by atoms with Crippen molar-refractivity contribution in [3.8, 4) is 11.5 Å². The van der Waals surface area contributed by atoms with Crippen LogP contribution in [0.5, 0.6) is 11.5 Å². The zero-order valence-corrected chi connectivity index (χ0v) is 12.8. The van der Waals surface area contributed by atoms with E-state index < -0.39 is 0 Å². The van der Waals surface area contributed by atoms with Crippen LogP contribution in [0.15, 0.2) is 24.8 Å². The summed E-state index contributed by atoms with van der Waals surface area (Å²) in [5.74, 6) is 1.59. The van der Waals surface area contributed by atoms with Crippen LogP contribution in [0.1, 0.15) is 18.4 Å². The monoisotopic (exact) mass is 276 g/mol. The first kappa shape index (κ1) is 14.7. The van der Waals surface area contributed by atoms with E-state index in [0.29, 0.717) is 6.17 Å². The minimum absolute atomic E-state index is 0.386. The van der Waals surface area contributed by atoms with Crippen molar-refractivity contribution in [3.63, 3.8) is 0 Å². The van der Waals surface area contributed by atoms with Gasteiger partial charge in [-0.3, -0.25) is 4.90 Å². The lowest BCUT2D eigenvalue weighted by Gasteiger charge is -2.34. The standard InChI is InChI=1S/C16H24N2O2/c1-12(18(3)15-10-7-11-17(15)2)16-13(19-4)8-6-9-14(16)20-5/h6,8-9,15H,1,7,10-11H2,2-5H3. The summed E-state index contributed by atoms with van der Waals surface area (Å²) < 4.78 is 10.9. The molecular formula is C16H24N2O2. The molecule has 0 bridgehead atoms. The Labute approximate surface area is 121 Å². The zero-order valence-electron chi connectivity index (χ0n) is 12.8. The number of ether oxygens (including phenoxy) is 2. The molecule has 1 aromatic carbocycles. The molecule has 1 saturated heterocycles. The van der Waals surface area contributed by atoms with E-state index in [2.05, 4.69) is 30.5 Å². The van der Waals surface area contributed by atoms with Crippen LogP contribution in [-0.2, 0) is 0 Å². The molecule has 0 spiro atoms. The maximum absolute atomic E-state index is 5.47. The molecule has 0 amide bonds. The molecule has 1 fully saturated rings. The Kier molecular flexibility index (Phi) is 4.55. The van der Waals surface area contributed by atoms with E-state index in [4.69, 9.17) is 9.47 Å². The Hall–Kier alpha value is -1.68. The quantitative estimate of drug-likeness (QED) is 0.825. The topological polar surface area (TPSA) is 24.9 Å². The van der Waals surface area contributed by atoms with Gasteiger partial charge in [-0.25, -0.2) is 0 Å². The van der Waals surface area contributed by atoms with E-state index >= 15 is 0 Å². The Morgan fingerprint density at radius 3 is 2.35 bits per heavy atom. The van der Waals surface area contributed by atoms with E-state index in [1.165, 1.54) is 6.42 Å². The molecule has 0 N–H and O–H groups in total. The molecule has 1 aliphatic rings. The molecule has 0 saturated carbocycles. The first-order valence-corrected chi connectivity index (χ1v) is 6.93. The van der Waals surface area contributed by atoms with Gasteiger partial charge in [0.25, 0.3) is 0 Å². The van der Waals surface area contributed by atoms with Crippen LogP contribution < -0.4 is 9.47 Å². The maximum Gasteiger partial charge on any atom is 0.131 e. The van der Waals surface area contributed by atoms with Gasteiger partial charge < -0.3 is 14.4 Å². The fraction of sp³-hybridized carbons (Fsp3) is 0.500. The summed E-state index contributed by atoms with van der Waals surface area (Å²) in [4.78, 5) is 4.57. The third-order valence-corrected chi connectivity index (χ3v) is 4.07. The van der Waals surface area contributed by atoms with Gasteiger partial charge in [0, 0.05) is 12.7 Å². The molecule has 1 unspecified atom stereocenters. The molecule has 1 heterocycles. The van der Waals surface area contributed by atoms with Crippen LogP contribution in [0.4, 0.5) is 0 Å². The van der Waals surface area contributed by atoms with Crippen molar-refractivity contribution >= 4 is 5.70 Å². The molecule has 4 nitrogen and oxygen atoms in total. The minimum atomic E-state index is 0.386. The fourth-order valence-electron chi connectivity index (χ4n) is 2.87. The molecule has 0 aromatic heterocycles. The van der Waals surface area contributed by atoms with Crippen molar-refractivity contribution in [2.75, 3.05) is 34.9 Å². The third kappa shape index (κ3) is 2.61. The smallest absolute Gasteiger partial charge is 0.131 e. The van der Waals surface area contributed by atoms with Crippen molar-refractivity contribution in [1.29, 1.82) is 0 Å². The second-order valence-corrected chi connectivity index (χ2v) is 5.20. The van der Waals surface area contributed by atoms with Crippen LogP contribution in [0.25, 0.3) is 5.70 Å². The van der Waals surface area contributed by atoms with Crippen LogP contribution >= 0.6 is 0 Å². The molecule has 4 heteroatoms. The van der Waals surface area contributed by atoms with E-state index in [-0.39, 0.29) is 0 Å². The number of hydrogen-bond donors (Lipinski definition) is 0. The van der Waals surface area contributed by atoms with Crippen molar-refractivity contribution < 1.29 is 9.47 Å². The average molecular weight is 276 g/mol. The number of hydrogen-bond acceptors (Lipinski definition) is 4. The highest BCUT2D eigenvalue weighted by atomic mass is 16.5. The molecule has 1 aromatic rings. The lowest BCUT2D eigenvalue weighted by Crippen LogP contribution is -2.39. The summed E-state index contributed by atoms with van der Waals surface area (Å²) in [6.07, 6.45) is 2.77. The second kappa shape index (κ2) is 6.18. The van der Waals surface area contributed by atoms with Gasteiger partial charge in [0.1, 0.15) is 11.5 Å². The maximum atomic E-state index is 5.47. The van der Waals surface area contributed by atoms with Crippen LogP contribution in [0.2, 0.25) is 0 Å². The van der Waals surface area contributed by atoms with Gasteiger partial charge in [-0.1, -0.05) is 12.6 Å². The Morgan fingerprint density at radius 2 is 1.90 bits per heavy atom. The first-order chi connectivity index (χ1) is 9.60. The predicted molar refractivity (Wildman–Crippen MR) is 82.0 cm³/mol. The lowest BCUT2D eigenvalue weighted by atomic mass is 10.1. The number of nitrogens with zero attached hydrogens (tertiary/aromatic N) is 2. The Balaban J connectivity index is 2.32. The van der Waals surface area contributed by atoms with Gasteiger partial charge in [-0.15, -0.1) is 0 Å². The Morgan fingerprint density at radius 1 is 1.30 bits per heavy atom. The summed E-state index contributed by atoms with van der Waals surface area (Å²) >= 11 is 0. The zero-order chi connectivity index (χ0) is 14.7. The van der Waals surface area contributed by atoms with Gasteiger partial charge in [0.05, 0.1) is 25.9 Å². The molecule has 0 aliphatic carbocycles. The second-order valence-electron chi connectivity index (χ2n) is 5.20. The normalized spacial score (nSPS) is 18.9. The summed E-state index contributed by atoms with van der Waals surface area (Å²) in [7, 11) is 7.59. The summed E-state index contributed by atoms with van der Waals surface area (Å²) in [5, 5.41) is 0. The fourth-order valence-corrected chi connectivity index (χ4v) is 2.87. The van der Waals surface area contributed by atoms with Crippen molar-refractivity contribution in [2.45, 2.75) is 19.0 Å². The number of likely N-dealkylation sites (tertiary alicyclic amines) is 1. The molecule has 2 rings (SSSR count). The van der Waals surface area contributed by atoms with Crippen molar-refractivity contribution in [2.24, 2.45) is 0 Å². The minimum Gasteiger partial charge on any atom is -0.496 e. The van der Waals surface area contributed by atoms with E-state index in [1.54, 1.807) is 14.2 Å². The van der Waals surface area contributed by atoms with Crippen molar-refractivity contribution in [1.82, 2.24) is 9.80 Å². The predicted octanol–water partition coefficient (Wildman–Crippen LogP) is 2.66. The SMILES string of the molecule is C=C(c1c(OC)cccc1OC)N(C)C1CCCN1C. The van der Waals surface area contributed by atoms with Gasteiger partial charge in [-0.05, 0) is 38.6 Å². The largest absolute Gasteiger partial charge is 0.496 e. The molecular weight excluding hydrogens is 252 g/mol. The van der Waals surface area contributed by atoms with Crippen molar-refractivity contribution in [3.05, 3.63) is 30.3 Å². The summed E-state index contributed by atoms with van der Waals surface area (Å²) in [6.45, 7) is 5.39.